The monoisotopic (exact) mass is 379 g/mol. The molecule has 2 aromatic carbocycles. The molecular weight excluding hydrogens is 350 g/mol. The zero-order chi connectivity index (χ0) is 19.4. The predicted octanol–water partition coefficient (Wildman–Crippen LogP) is 2.75. The number of phenolic OH excluding ortho intramolecular Hbond substituents is 1. The van der Waals surface area contributed by atoms with Gasteiger partial charge in [-0.05, 0) is 42.7 Å². The van der Waals surface area contributed by atoms with E-state index in [1.54, 1.807) is 12.1 Å². The van der Waals surface area contributed by atoms with E-state index in [-0.39, 0.29) is 11.3 Å². The Labute approximate surface area is 167 Å². The maximum atomic E-state index is 12.5. The highest BCUT2D eigenvalue weighted by Crippen LogP contribution is 2.43. The summed E-state index contributed by atoms with van der Waals surface area (Å²) in [4.78, 5) is 17.0. The van der Waals surface area contributed by atoms with Gasteiger partial charge in [-0.15, -0.1) is 0 Å². The molecule has 1 aliphatic carbocycles. The molecule has 0 atom stereocenters. The number of rotatable bonds is 6. The third-order valence-electron chi connectivity index (χ3n) is 6.28. The number of carbonyl (C=O) groups is 1. The van der Waals surface area contributed by atoms with Crippen LogP contribution < -0.4 is 10.2 Å². The van der Waals surface area contributed by atoms with E-state index in [2.05, 4.69) is 39.4 Å². The molecule has 1 aliphatic heterocycles. The minimum Gasteiger partial charge on any atom is -0.508 e. The van der Waals surface area contributed by atoms with Gasteiger partial charge in [0.25, 0.3) is 0 Å². The quantitative estimate of drug-likeness (QED) is 0.810. The van der Waals surface area contributed by atoms with Gasteiger partial charge in [-0.1, -0.05) is 36.8 Å². The molecule has 1 saturated heterocycles. The van der Waals surface area contributed by atoms with Crippen LogP contribution in [0.15, 0.2) is 54.6 Å². The lowest BCUT2D eigenvalue weighted by atomic mass is 9.64. The van der Waals surface area contributed by atoms with Crippen molar-refractivity contribution >= 4 is 11.6 Å². The number of hydrogen-bond acceptors (Lipinski definition) is 4. The molecular formula is C23H29N3O2. The van der Waals surface area contributed by atoms with Crippen LogP contribution in [0.2, 0.25) is 0 Å². The smallest absolute Gasteiger partial charge is 0.234 e. The van der Waals surface area contributed by atoms with Crippen LogP contribution in [0.1, 0.15) is 24.8 Å². The Morgan fingerprint density at radius 1 is 0.964 bits per heavy atom. The van der Waals surface area contributed by atoms with Crippen molar-refractivity contribution < 1.29 is 9.90 Å². The van der Waals surface area contributed by atoms with Crippen molar-refractivity contribution in [3.05, 3.63) is 60.2 Å². The molecule has 28 heavy (non-hydrogen) atoms. The second kappa shape index (κ2) is 8.23. The average molecular weight is 380 g/mol. The van der Waals surface area contributed by atoms with E-state index < -0.39 is 0 Å². The van der Waals surface area contributed by atoms with E-state index >= 15 is 0 Å². The highest BCUT2D eigenvalue weighted by atomic mass is 16.3. The molecule has 2 aromatic rings. The number of aromatic hydroxyl groups is 1. The summed E-state index contributed by atoms with van der Waals surface area (Å²) in [6.45, 7) is 4.74. The molecule has 2 N–H and O–H groups in total. The third-order valence-corrected chi connectivity index (χ3v) is 6.28. The number of piperazine rings is 1. The highest BCUT2D eigenvalue weighted by Gasteiger charge is 2.38. The first kappa shape index (κ1) is 18.8. The topological polar surface area (TPSA) is 55.8 Å². The number of nitrogens with zero attached hydrogens (tertiary/aromatic N) is 2. The van der Waals surface area contributed by atoms with Crippen molar-refractivity contribution in [2.45, 2.75) is 24.7 Å². The first-order valence-corrected chi connectivity index (χ1v) is 10.2. The summed E-state index contributed by atoms with van der Waals surface area (Å²) >= 11 is 0. The number of nitrogens with one attached hydrogen (secondary N) is 1. The van der Waals surface area contributed by atoms with Gasteiger partial charge in [0.2, 0.25) is 5.91 Å². The van der Waals surface area contributed by atoms with Crippen LogP contribution in [0.4, 0.5) is 5.69 Å². The molecule has 1 amide bonds. The Morgan fingerprint density at radius 2 is 1.64 bits per heavy atom. The zero-order valence-electron chi connectivity index (χ0n) is 16.3. The second-order valence-electron chi connectivity index (χ2n) is 8.06. The molecule has 0 bridgehead atoms. The summed E-state index contributed by atoms with van der Waals surface area (Å²) in [5.74, 6) is 0.416. The van der Waals surface area contributed by atoms with E-state index in [0.29, 0.717) is 12.3 Å². The second-order valence-corrected chi connectivity index (χ2v) is 8.06. The van der Waals surface area contributed by atoms with E-state index in [1.165, 1.54) is 12.0 Å². The molecule has 0 spiro atoms. The summed E-state index contributed by atoms with van der Waals surface area (Å²) in [6.07, 6.45) is 3.55. The first-order chi connectivity index (χ1) is 13.6. The molecule has 4 rings (SSSR count). The molecule has 2 fully saturated rings. The Morgan fingerprint density at radius 3 is 2.25 bits per heavy atom. The van der Waals surface area contributed by atoms with Gasteiger partial charge in [0.05, 0.1) is 6.54 Å². The van der Waals surface area contributed by atoms with Gasteiger partial charge in [-0.2, -0.15) is 0 Å². The van der Waals surface area contributed by atoms with Gasteiger partial charge in [-0.3, -0.25) is 9.69 Å². The molecule has 5 heteroatoms. The van der Waals surface area contributed by atoms with E-state index in [0.717, 1.165) is 51.3 Å². The molecule has 148 valence electrons. The fourth-order valence-corrected chi connectivity index (χ4v) is 4.32. The maximum Gasteiger partial charge on any atom is 0.234 e. The minimum atomic E-state index is 0.125. The molecule has 0 radical (unpaired) electrons. The standard InChI is InChI=1S/C23H29N3O2/c27-21-9-7-20(8-10-21)26-15-13-25(14-16-26)17-22(28)24-18-23(11-4-12-23)19-5-2-1-3-6-19/h1-3,5-10,27H,4,11-18H2,(H,24,28). The summed E-state index contributed by atoms with van der Waals surface area (Å²) < 4.78 is 0. The van der Waals surface area contributed by atoms with Crippen LogP contribution in [-0.4, -0.2) is 55.2 Å². The highest BCUT2D eigenvalue weighted by molar-refractivity contribution is 5.78. The van der Waals surface area contributed by atoms with Gasteiger partial charge in [0, 0.05) is 43.8 Å². The van der Waals surface area contributed by atoms with Crippen LogP contribution in [0, 0.1) is 0 Å². The lowest BCUT2D eigenvalue weighted by Gasteiger charge is -2.43. The SMILES string of the molecule is O=C(CN1CCN(c2ccc(O)cc2)CC1)NCC1(c2ccccc2)CCC1. The summed E-state index contributed by atoms with van der Waals surface area (Å²) in [7, 11) is 0. The largest absolute Gasteiger partial charge is 0.508 e. The average Bonchev–Trinajstić information content (AvgIpc) is 2.69. The van der Waals surface area contributed by atoms with Crippen LogP contribution >= 0.6 is 0 Å². The van der Waals surface area contributed by atoms with Crippen LogP contribution in [0.3, 0.4) is 0 Å². The Kier molecular flexibility index (Phi) is 5.53. The van der Waals surface area contributed by atoms with E-state index in [9.17, 15) is 9.90 Å². The first-order valence-electron chi connectivity index (χ1n) is 10.2. The molecule has 0 aromatic heterocycles. The van der Waals surface area contributed by atoms with E-state index in [1.807, 2.05) is 18.2 Å². The number of amides is 1. The van der Waals surface area contributed by atoms with Crippen molar-refractivity contribution in [1.82, 2.24) is 10.2 Å². The number of carbonyl (C=O) groups excluding carboxylic acids is 1. The van der Waals surface area contributed by atoms with Crippen molar-refractivity contribution in [1.29, 1.82) is 0 Å². The number of hydrogen-bond donors (Lipinski definition) is 2. The Hall–Kier alpha value is -2.53. The van der Waals surface area contributed by atoms with Gasteiger partial charge >= 0.3 is 0 Å². The molecule has 0 unspecified atom stereocenters. The molecule has 1 heterocycles. The van der Waals surface area contributed by atoms with Crippen molar-refractivity contribution in [3.63, 3.8) is 0 Å². The predicted molar refractivity (Wildman–Crippen MR) is 112 cm³/mol. The molecule has 2 aliphatic rings. The van der Waals surface area contributed by atoms with Crippen molar-refractivity contribution in [3.8, 4) is 5.75 Å². The van der Waals surface area contributed by atoms with E-state index in [4.69, 9.17) is 0 Å². The minimum absolute atomic E-state index is 0.125. The summed E-state index contributed by atoms with van der Waals surface area (Å²) in [6, 6.07) is 17.9. The fourth-order valence-electron chi connectivity index (χ4n) is 4.32. The third kappa shape index (κ3) is 4.14. The fraction of sp³-hybridized carbons (Fsp3) is 0.435. The normalized spacial score (nSPS) is 19.1. The number of benzene rings is 2. The van der Waals surface area contributed by atoms with Crippen molar-refractivity contribution in [2.75, 3.05) is 44.2 Å². The number of anilines is 1. The van der Waals surface area contributed by atoms with Crippen LogP contribution in [-0.2, 0) is 10.2 Å². The number of phenols is 1. The zero-order valence-corrected chi connectivity index (χ0v) is 16.3. The summed E-state index contributed by atoms with van der Waals surface area (Å²) in [5, 5.41) is 12.6. The Bertz CT molecular complexity index is 779. The molecule has 5 nitrogen and oxygen atoms in total. The van der Waals surface area contributed by atoms with Gasteiger partial charge in [0.15, 0.2) is 0 Å². The lowest BCUT2D eigenvalue weighted by Crippen LogP contribution is -2.51. The van der Waals surface area contributed by atoms with Gasteiger partial charge < -0.3 is 15.3 Å². The maximum absolute atomic E-state index is 12.5. The van der Waals surface area contributed by atoms with Crippen LogP contribution in [0.25, 0.3) is 0 Å². The van der Waals surface area contributed by atoms with Crippen molar-refractivity contribution in [2.24, 2.45) is 0 Å². The lowest BCUT2D eigenvalue weighted by molar-refractivity contribution is -0.122. The van der Waals surface area contributed by atoms with Gasteiger partial charge in [-0.25, -0.2) is 0 Å². The van der Waals surface area contributed by atoms with Crippen LogP contribution in [0.5, 0.6) is 5.75 Å². The molecule has 1 saturated carbocycles. The summed E-state index contributed by atoms with van der Waals surface area (Å²) in [5.41, 5.74) is 2.61. The Balaban J connectivity index is 1.24. The van der Waals surface area contributed by atoms with Gasteiger partial charge in [0.1, 0.15) is 5.75 Å².